The molecular formula is C30H28N4O7. The van der Waals surface area contributed by atoms with E-state index in [-0.39, 0.29) is 31.4 Å². The van der Waals surface area contributed by atoms with E-state index in [1.807, 2.05) is 18.2 Å². The summed E-state index contributed by atoms with van der Waals surface area (Å²) in [5.74, 6) is 5.74. The SMILES string of the molecule is C[C@H](NC1(C#Cc2ccc3c(c2)N(C)C(=O)[C@@H](NC(=O)c2cc(Oc4ccccc4)ccn2)CO3)COC1)C(=O)O. The fourth-order valence-electron chi connectivity index (χ4n) is 4.30. The molecule has 1 aromatic heterocycles. The number of hydrogen-bond donors (Lipinski definition) is 3. The Kier molecular flexibility index (Phi) is 7.87. The maximum absolute atomic E-state index is 13.3. The molecule has 1 saturated heterocycles. The minimum atomic E-state index is -0.981. The number of benzene rings is 2. The summed E-state index contributed by atoms with van der Waals surface area (Å²) in [5, 5.41) is 14.9. The van der Waals surface area contributed by atoms with Crippen LogP contribution in [0.3, 0.4) is 0 Å². The number of aromatic nitrogens is 1. The number of nitrogens with one attached hydrogen (secondary N) is 2. The van der Waals surface area contributed by atoms with Gasteiger partial charge in [0.05, 0.1) is 18.9 Å². The van der Waals surface area contributed by atoms with Crippen molar-refractivity contribution in [2.45, 2.75) is 24.5 Å². The van der Waals surface area contributed by atoms with Crippen LogP contribution in [-0.4, -0.2) is 72.4 Å². The first-order valence-corrected chi connectivity index (χ1v) is 12.9. The maximum atomic E-state index is 13.3. The summed E-state index contributed by atoms with van der Waals surface area (Å²) < 4.78 is 16.9. The molecule has 0 aliphatic carbocycles. The molecule has 2 aromatic carbocycles. The van der Waals surface area contributed by atoms with Gasteiger partial charge in [-0.25, -0.2) is 0 Å². The van der Waals surface area contributed by atoms with E-state index in [4.69, 9.17) is 14.2 Å². The van der Waals surface area contributed by atoms with Crippen LogP contribution in [0.25, 0.3) is 0 Å². The first-order valence-electron chi connectivity index (χ1n) is 12.9. The molecule has 11 nitrogen and oxygen atoms in total. The smallest absolute Gasteiger partial charge is 0.320 e. The van der Waals surface area contributed by atoms with E-state index >= 15 is 0 Å². The number of hydrogen-bond acceptors (Lipinski definition) is 8. The van der Waals surface area contributed by atoms with Crippen LogP contribution in [0.5, 0.6) is 17.2 Å². The number of carboxylic acids is 1. The topological polar surface area (TPSA) is 139 Å². The normalized spacial score (nSPS) is 17.9. The zero-order valence-electron chi connectivity index (χ0n) is 22.4. The van der Waals surface area contributed by atoms with Gasteiger partial charge in [0, 0.05) is 24.9 Å². The van der Waals surface area contributed by atoms with E-state index in [1.54, 1.807) is 50.4 Å². The molecule has 5 rings (SSSR count). The zero-order chi connectivity index (χ0) is 29.0. The van der Waals surface area contributed by atoms with Crippen LogP contribution < -0.4 is 25.0 Å². The molecule has 1 fully saturated rings. The number of nitrogens with zero attached hydrogens (tertiary/aromatic N) is 2. The van der Waals surface area contributed by atoms with Gasteiger partial charge >= 0.3 is 5.97 Å². The maximum Gasteiger partial charge on any atom is 0.320 e. The van der Waals surface area contributed by atoms with Crippen LogP contribution in [0.4, 0.5) is 5.69 Å². The van der Waals surface area contributed by atoms with E-state index in [2.05, 4.69) is 27.5 Å². The van der Waals surface area contributed by atoms with Gasteiger partial charge in [0.25, 0.3) is 11.8 Å². The van der Waals surface area contributed by atoms with E-state index in [0.717, 1.165) is 0 Å². The summed E-state index contributed by atoms with van der Waals surface area (Å²) in [7, 11) is 1.59. The fourth-order valence-corrected chi connectivity index (χ4v) is 4.30. The van der Waals surface area contributed by atoms with Crippen molar-refractivity contribution in [3.05, 3.63) is 78.1 Å². The van der Waals surface area contributed by atoms with Crippen LogP contribution in [0, 0.1) is 11.8 Å². The van der Waals surface area contributed by atoms with Gasteiger partial charge in [0.1, 0.15) is 47.2 Å². The third-order valence-corrected chi connectivity index (χ3v) is 6.61. The second-order valence-electron chi connectivity index (χ2n) is 9.74. The van der Waals surface area contributed by atoms with Crippen molar-refractivity contribution in [1.82, 2.24) is 15.6 Å². The number of aliphatic carboxylic acids is 1. The lowest BCUT2D eigenvalue weighted by molar-refractivity contribution is -0.141. The Labute approximate surface area is 236 Å². The Hall–Kier alpha value is -4.92. The van der Waals surface area contributed by atoms with Gasteiger partial charge in [0.15, 0.2) is 0 Å². The first kappa shape index (κ1) is 27.6. The van der Waals surface area contributed by atoms with Crippen molar-refractivity contribution < 1.29 is 33.7 Å². The third kappa shape index (κ3) is 6.30. The summed E-state index contributed by atoms with van der Waals surface area (Å²) >= 11 is 0. The van der Waals surface area contributed by atoms with Gasteiger partial charge in [-0.15, -0.1) is 0 Å². The largest absolute Gasteiger partial charge is 0.489 e. The zero-order valence-corrected chi connectivity index (χ0v) is 22.4. The minimum Gasteiger partial charge on any atom is -0.489 e. The van der Waals surface area contributed by atoms with E-state index in [9.17, 15) is 19.5 Å². The highest BCUT2D eigenvalue weighted by Gasteiger charge is 2.39. The third-order valence-electron chi connectivity index (χ3n) is 6.61. The summed E-state index contributed by atoms with van der Waals surface area (Å²) in [6.07, 6.45) is 1.46. The number of anilines is 1. The fraction of sp³-hybridized carbons (Fsp3) is 0.267. The van der Waals surface area contributed by atoms with E-state index in [1.165, 1.54) is 17.2 Å². The molecule has 3 N–H and O–H groups in total. The van der Waals surface area contributed by atoms with Crippen LogP contribution >= 0.6 is 0 Å². The number of amides is 2. The average molecular weight is 557 g/mol. The number of likely N-dealkylation sites (N-methyl/N-ethyl adjacent to an activating group) is 1. The second kappa shape index (κ2) is 11.7. The standard InChI is InChI=1S/C30H28N4O7/c1-19(29(37)38)33-30(17-39-18-30)12-10-20-8-9-26-25(14-20)34(2)28(36)24(16-40-26)32-27(35)23-15-22(11-13-31-23)41-21-6-4-3-5-7-21/h3-9,11,13-15,19,24,33H,16-18H2,1-2H3,(H,32,35)(H,37,38)/t19-,24-/m0/s1. The number of rotatable bonds is 7. The molecule has 3 heterocycles. The van der Waals surface area contributed by atoms with Gasteiger partial charge < -0.3 is 29.5 Å². The Morgan fingerprint density at radius 3 is 2.63 bits per heavy atom. The molecule has 11 heteroatoms. The van der Waals surface area contributed by atoms with Crippen molar-refractivity contribution >= 4 is 23.5 Å². The van der Waals surface area contributed by atoms with E-state index in [0.29, 0.717) is 28.5 Å². The Morgan fingerprint density at radius 1 is 1.15 bits per heavy atom. The Morgan fingerprint density at radius 2 is 1.93 bits per heavy atom. The number of carboxylic acid groups (broad SMARTS) is 1. The molecule has 2 aliphatic heterocycles. The quantitative estimate of drug-likeness (QED) is 0.374. The molecule has 2 amide bonds. The van der Waals surface area contributed by atoms with Gasteiger partial charge in [0.2, 0.25) is 0 Å². The molecule has 210 valence electrons. The molecule has 3 aromatic rings. The second-order valence-corrected chi connectivity index (χ2v) is 9.74. The van der Waals surface area contributed by atoms with Crippen LogP contribution in [-0.2, 0) is 14.3 Å². The monoisotopic (exact) mass is 556 g/mol. The molecule has 41 heavy (non-hydrogen) atoms. The number of ether oxygens (including phenoxy) is 3. The minimum absolute atomic E-state index is 0.0788. The summed E-state index contributed by atoms with van der Waals surface area (Å²) in [6.45, 7) is 2.00. The molecule has 0 saturated carbocycles. The molecular weight excluding hydrogens is 528 g/mol. The lowest BCUT2D eigenvalue weighted by atomic mass is 9.96. The van der Waals surface area contributed by atoms with E-state index < -0.39 is 29.5 Å². The molecule has 0 bridgehead atoms. The number of para-hydroxylation sites is 1. The first-order chi connectivity index (χ1) is 19.7. The summed E-state index contributed by atoms with van der Waals surface area (Å²) in [4.78, 5) is 43.1. The average Bonchev–Trinajstić information content (AvgIpc) is 3.06. The predicted octanol–water partition coefficient (Wildman–Crippen LogP) is 2.21. The molecule has 0 spiro atoms. The van der Waals surface area contributed by atoms with Crippen molar-refractivity contribution in [2.24, 2.45) is 0 Å². The molecule has 2 aliphatic rings. The van der Waals surface area contributed by atoms with Gasteiger partial charge in [-0.05, 0) is 43.3 Å². The molecule has 0 unspecified atom stereocenters. The Bertz CT molecular complexity index is 1530. The highest BCUT2D eigenvalue weighted by molar-refractivity contribution is 6.03. The van der Waals surface area contributed by atoms with Crippen molar-refractivity contribution in [3.8, 4) is 29.1 Å². The van der Waals surface area contributed by atoms with Crippen LogP contribution in [0.1, 0.15) is 23.0 Å². The lowest BCUT2D eigenvalue weighted by Crippen LogP contribution is -2.63. The van der Waals surface area contributed by atoms with Crippen LogP contribution in [0.2, 0.25) is 0 Å². The van der Waals surface area contributed by atoms with Crippen molar-refractivity contribution in [1.29, 1.82) is 0 Å². The predicted molar refractivity (Wildman–Crippen MR) is 148 cm³/mol. The van der Waals surface area contributed by atoms with Gasteiger partial charge in [-0.1, -0.05) is 30.0 Å². The van der Waals surface area contributed by atoms with Crippen LogP contribution in [0.15, 0.2) is 66.9 Å². The molecule has 0 radical (unpaired) electrons. The highest BCUT2D eigenvalue weighted by Crippen LogP contribution is 2.32. The molecule has 2 atom stereocenters. The number of carbonyl (C=O) groups is 3. The highest BCUT2D eigenvalue weighted by atomic mass is 16.5. The Balaban J connectivity index is 1.28. The number of carbonyl (C=O) groups excluding carboxylic acids is 2. The number of fused-ring (bicyclic) bond motifs is 1. The summed E-state index contributed by atoms with van der Waals surface area (Å²) in [5.41, 5.74) is 0.411. The van der Waals surface area contributed by atoms with Crippen molar-refractivity contribution in [3.63, 3.8) is 0 Å². The van der Waals surface area contributed by atoms with Crippen molar-refractivity contribution in [2.75, 3.05) is 31.8 Å². The van der Waals surface area contributed by atoms with Gasteiger partial charge in [-0.3, -0.25) is 24.7 Å². The van der Waals surface area contributed by atoms with Gasteiger partial charge in [-0.2, -0.15) is 0 Å². The summed E-state index contributed by atoms with van der Waals surface area (Å²) in [6, 6.07) is 15.7. The number of pyridine rings is 1. The lowest BCUT2D eigenvalue weighted by Gasteiger charge is -2.39.